The number of rotatable bonds is 5. The average Bonchev–Trinajstić information content (AvgIpc) is 3.10. The average molecular weight is 394 g/mol. The van der Waals surface area contributed by atoms with Gasteiger partial charge in [0.05, 0.1) is 5.69 Å². The summed E-state index contributed by atoms with van der Waals surface area (Å²) in [4.78, 5) is 17.6. The smallest absolute Gasteiger partial charge is 0.188 e. The highest BCUT2D eigenvalue weighted by Gasteiger charge is 2.19. The first-order chi connectivity index (χ1) is 13.6. The van der Waals surface area contributed by atoms with Crippen molar-refractivity contribution in [1.29, 1.82) is 0 Å². The van der Waals surface area contributed by atoms with E-state index in [1.165, 1.54) is 36.2 Å². The first-order valence-electron chi connectivity index (χ1n) is 9.95. The molecule has 0 amide bonds. The number of likely N-dealkylation sites (tertiary alicyclic amines) is 1. The summed E-state index contributed by atoms with van der Waals surface area (Å²) in [6.45, 7) is 8.51. The molecule has 5 nitrogen and oxygen atoms in total. The van der Waals surface area contributed by atoms with Crippen LogP contribution in [0, 0.1) is 13.8 Å². The zero-order valence-electron chi connectivity index (χ0n) is 16.8. The zero-order valence-corrected chi connectivity index (χ0v) is 17.6. The number of aromatic nitrogens is 3. The van der Waals surface area contributed by atoms with Crippen LogP contribution in [0.15, 0.2) is 36.5 Å². The number of nitrogens with one attached hydrogen (secondary N) is 1. The van der Waals surface area contributed by atoms with Crippen molar-refractivity contribution in [3.63, 3.8) is 0 Å². The van der Waals surface area contributed by atoms with E-state index in [4.69, 9.17) is 0 Å². The largest absolute Gasteiger partial charge is 0.316 e. The van der Waals surface area contributed by atoms with Crippen molar-refractivity contribution in [2.45, 2.75) is 52.6 Å². The highest BCUT2D eigenvalue weighted by atomic mass is 32.1. The minimum atomic E-state index is 0.661. The Kier molecular flexibility index (Phi) is 5.69. The monoisotopic (exact) mass is 393 g/mol. The summed E-state index contributed by atoms with van der Waals surface area (Å²) in [5, 5.41) is 4.25. The molecule has 1 atom stereocenters. The molecule has 4 rings (SSSR count). The Bertz CT molecular complexity index is 934. The molecule has 3 aromatic rings. The molecular formula is C22H27N5S. The minimum Gasteiger partial charge on any atom is -0.316 e. The maximum Gasteiger partial charge on any atom is 0.188 e. The van der Waals surface area contributed by atoms with Crippen molar-refractivity contribution in [2.75, 3.05) is 11.9 Å². The second kappa shape index (κ2) is 8.37. The lowest BCUT2D eigenvalue weighted by Crippen LogP contribution is -2.36. The number of thiazole rings is 1. The summed E-state index contributed by atoms with van der Waals surface area (Å²) in [7, 11) is 0. The Hall–Kier alpha value is -2.31. The van der Waals surface area contributed by atoms with E-state index in [-0.39, 0.29) is 0 Å². The molecule has 2 aromatic heterocycles. The Morgan fingerprint density at radius 1 is 1.14 bits per heavy atom. The van der Waals surface area contributed by atoms with E-state index in [1.807, 2.05) is 19.2 Å². The second-order valence-electron chi connectivity index (χ2n) is 7.62. The van der Waals surface area contributed by atoms with Gasteiger partial charge < -0.3 is 5.32 Å². The van der Waals surface area contributed by atoms with Crippen molar-refractivity contribution in [3.05, 3.63) is 52.8 Å². The first-order valence-corrected chi connectivity index (χ1v) is 10.8. The number of benzene rings is 1. The van der Waals surface area contributed by atoms with Gasteiger partial charge in [-0.1, -0.05) is 36.2 Å². The predicted octanol–water partition coefficient (Wildman–Crippen LogP) is 5.33. The molecule has 3 heterocycles. The topological polar surface area (TPSA) is 53.9 Å². The molecule has 0 bridgehead atoms. The summed E-state index contributed by atoms with van der Waals surface area (Å²) in [5.41, 5.74) is 3.26. The quantitative estimate of drug-likeness (QED) is 0.634. The molecule has 6 heteroatoms. The zero-order chi connectivity index (χ0) is 19.5. The third-order valence-corrected chi connectivity index (χ3v) is 6.17. The van der Waals surface area contributed by atoms with Crippen LogP contribution in [-0.2, 0) is 6.54 Å². The summed E-state index contributed by atoms with van der Waals surface area (Å²) in [5.74, 6) is 1.54. The summed E-state index contributed by atoms with van der Waals surface area (Å²) in [6.07, 6.45) is 5.94. The van der Waals surface area contributed by atoms with Gasteiger partial charge in [-0.25, -0.2) is 15.0 Å². The Morgan fingerprint density at radius 3 is 2.75 bits per heavy atom. The van der Waals surface area contributed by atoms with Crippen LogP contribution in [0.1, 0.15) is 42.5 Å². The third kappa shape index (κ3) is 4.56. The fourth-order valence-electron chi connectivity index (χ4n) is 3.64. The Morgan fingerprint density at radius 2 is 1.96 bits per heavy atom. The first kappa shape index (κ1) is 19.0. The Labute approximate surface area is 170 Å². The van der Waals surface area contributed by atoms with E-state index >= 15 is 0 Å². The van der Waals surface area contributed by atoms with Gasteiger partial charge >= 0.3 is 0 Å². The molecule has 1 unspecified atom stereocenters. The maximum absolute atomic E-state index is 4.59. The van der Waals surface area contributed by atoms with Crippen LogP contribution in [0.25, 0.3) is 11.3 Å². The molecule has 1 fully saturated rings. The number of piperidine rings is 1. The lowest BCUT2D eigenvalue weighted by atomic mass is 10.0. The lowest BCUT2D eigenvalue weighted by molar-refractivity contribution is 0.154. The molecule has 1 saturated heterocycles. The van der Waals surface area contributed by atoms with E-state index in [1.54, 1.807) is 11.3 Å². The van der Waals surface area contributed by atoms with Gasteiger partial charge in [0.15, 0.2) is 5.13 Å². The minimum absolute atomic E-state index is 0.661. The molecule has 0 radical (unpaired) electrons. The van der Waals surface area contributed by atoms with Crippen molar-refractivity contribution < 1.29 is 0 Å². The lowest BCUT2D eigenvalue weighted by Gasteiger charge is -2.32. The third-order valence-electron chi connectivity index (χ3n) is 5.27. The molecule has 1 aliphatic rings. The van der Waals surface area contributed by atoms with Gasteiger partial charge in [0, 0.05) is 35.3 Å². The molecule has 146 valence electrons. The molecular weight excluding hydrogens is 366 g/mol. The molecule has 0 saturated carbocycles. The maximum atomic E-state index is 4.59. The molecule has 28 heavy (non-hydrogen) atoms. The van der Waals surface area contributed by atoms with Crippen molar-refractivity contribution >= 4 is 22.3 Å². The van der Waals surface area contributed by atoms with Crippen LogP contribution in [0.4, 0.5) is 10.9 Å². The number of hydrogen-bond acceptors (Lipinski definition) is 6. The Balaban J connectivity index is 1.48. The fourth-order valence-corrected chi connectivity index (χ4v) is 4.49. The van der Waals surface area contributed by atoms with Crippen LogP contribution in [0.5, 0.6) is 0 Å². The summed E-state index contributed by atoms with van der Waals surface area (Å²) >= 11 is 1.71. The van der Waals surface area contributed by atoms with E-state index < -0.39 is 0 Å². The normalized spacial score (nSPS) is 17.6. The van der Waals surface area contributed by atoms with E-state index in [0.29, 0.717) is 6.04 Å². The molecule has 1 aromatic carbocycles. The van der Waals surface area contributed by atoms with Gasteiger partial charge in [0.25, 0.3) is 0 Å². The van der Waals surface area contributed by atoms with Gasteiger partial charge in [-0.15, -0.1) is 11.3 Å². The van der Waals surface area contributed by atoms with Crippen molar-refractivity contribution in [1.82, 2.24) is 19.9 Å². The summed E-state index contributed by atoms with van der Waals surface area (Å²) in [6, 6.07) is 11.1. The van der Waals surface area contributed by atoms with Crippen LogP contribution in [-0.4, -0.2) is 32.4 Å². The number of nitrogens with zero attached hydrogens (tertiary/aromatic N) is 4. The van der Waals surface area contributed by atoms with E-state index in [2.05, 4.69) is 63.3 Å². The highest BCUT2D eigenvalue weighted by molar-refractivity contribution is 7.15. The van der Waals surface area contributed by atoms with Gasteiger partial charge in [-0.05, 0) is 40.2 Å². The van der Waals surface area contributed by atoms with Crippen LogP contribution >= 0.6 is 11.3 Å². The standard InChI is InChI=1S/C22H27N5S/c1-15-7-9-18(10-8-15)20-12-21(25-17(3)24-20)26-22-23-13-19(28-22)14-27-11-5-4-6-16(27)2/h7-10,12-13,16H,4-6,11,14H2,1-3H3,(H,23,24,25,26). The van der Waals surface area contributed by atoms with Gasteiger partial charge in [-0.2, -0.15) is 0 Å². The van der Waals surface area contributed by atoms with E-state index in [0.717, 1.165) is 34.6 Å². The van der Waals surface area contributed by atoms with Crippen LogP contribution < -0.4 is 5.32 Å². The van der Waals surface area contributed by atoms with Crippen LogP contribution in [0.2, 0.25) is 0 Å². The molecule has 1 N–H and O–H groups in total. The highest BCUT2D eigenvalue weighted by Crippen LogP contribution is 2.27. The SMILES string of the molecule is Cc1ccc(-c2cc(Nc3ncc(CN4CCCCC4C)s3)nc(C)n2)cc1. The van der Waals surface area contributed by atoms with Gasteiger partial charge in [0.1, 0.15) is 11.6 Å². The van der Waals surface area contributed by atoms with Crippen molar-refractivity contribution in [2.24, 2.45) is 0 Å². The molecule has 0 spiro atoms. The summed E-state index contributed by atoms with van der Waals surface area (Å²) < 4.78 is 0. The second-order valence-corrected chi connectivity index (χ2v) is 8.74. The number of hydrogen-bond donors (Lipinski definition) is 1. The van der Waals surface area contributed by atoms with Crippen LogP contribution in [0.3, 0.4) is 0 Å². The van der Waals surface area contributed by atoms with Gasteiger partial charge in [0.2, 0.25) is 0 Å². The van der Waals surface area contributed by atoms with Crippen molar-refractivity contribution in [3.8, 4) is 11.3 Å². The molecule has 0 aliphatic carbocycles. The number of anilines is 2. The predicted molar refractivity (Wildman–Crippen MR) is 116 cm³/mol. The molecule has 1 aliphatic heterocycles. The van der Waals surface area contributed by atoms with E-state index in [9.17, 15) is 0 Å². The van der Waals surface area contributed by atoms with Gasteiger partial charge in [-0.3, -0.25) is 4.90 Å². The fraction of sp³-hybridized carbons (Fsp3) is 0.409. The number of aryl methyl sites for hydroxylation is 2.